The zero-order valence-corrected chi connectivity index (χ0v) is 21.7. The molecule has 0 saturated carbocycles. The zero-order valence-electron chi connectivity index (χ0n) is 19.4. The van der Waals surface area contributed by atoms with Crippen molar-refractivity contribution in [1.29, 1.82) is 0 Å². The maximum Gasteiger partial charge on any atom is 0.301 e. The summed E-state index contributed by atoms with van der Waals surface area (Å²) in [5.41, 5.74) is 0.845. The second-order valence-corrected chi connectivity index (χ2v) is 10.2. The van der Waals surface area contributed by atoms with E-state index in [1.165, 1.54) is 27.6 Å². The molecule has 10 heteroatoms. The van der Waals surface area contributed by atoms with E-state index in [-0.39, 0.29) is 21.9 Å². The van der Waals surface area contributed by atoms with Crippen molar-refractivity contribution < 1.29 is 24.2 Å². The number of ketones is 1. The van der Waals surface area contributed by atoms with Gasteiger partial charge < -0.3 is 14.6 Å². The molecule has 1 aliphatic rings. The van der Waals surface area contributed by atoms with Crippen LogP contribution in [-0.4, -0.2) is 35.0 Å². The van der Waals surface area contributed by atoms with Crippen molar-refractivity contribution in [3.05, 3.63) is 74.9 Å². The van der Waals surface area contributed by atoms with E-state index in [1.807, 2.05) is 49.6 Å². The summed E-state index contributed by atoms with van der Waals surface area (Å²) >= 11 is 9.05. The lowest BCUT2D eigenvalue weighted by atomic mass is 9.99. The number of benzene rings is 2. The second kappa shape index (κ2) is 9.93. The highest BCUT2D eigenvalue weighted by atomic mass is 35.5. The third kappa shape index (κ3) is 4.23. The van der Waals surface area contributed by atoms with Crippen LogP contribution in [0.1, 0.15) is 30.3 Å². The topological polar surface area (TPSA) is 89.0 Å². The van der Waals surface area contributed by atoms with Crippen molar-refractivity contribution in [3.63, 3.8) is 0 Å². The highest BCUT2D eigenvalue weighted by Gasteiger charge is 2.48. The largest absolute Gasteiger partial charge is 0.507 e. The molecule has 1 atom stereocenters. The second-order valence-electron chi connectivity index (χ2n) is 7.82. The first-order valence-electron chi connectivity index (χ1n) is 11.2. The molecule has 1 unspecified atom stereocenters. The Hall–Kier alpha value is -3.40. The number of hydrogen-bond acceptors (Lipinski definition) is 8. The number of carbonyl (C=O) groups is 2. The van der Waals surface area contributed by atoms with Gasteiger partial charge in [-0.2, -0.15) is 0 Å². The molecule has 3 heterocycles. The van der Waals surface area contributed by atoms with Crippen molar-refractivity contribution >= 4 is 67.1 Å². The van der Waals surface area contributed by atoms with E-state index >= 15 is 0 Å². The quantitative estimate of drug-likeness (QED) is 0.165. The standard InChI is InChI=1S/C26H21ClN2O5S2/c1-3-33-14-7-9-17(27)16(12-14)23(30)21-22(19-6-5-11-35-19)29(25(32)24(21)31)26-28-18-10-8-15(34-4-2)13-20(18)36-26/h5-13,22,30H,3-4H2,1-2H3/b23-21+. The molecule has 0 spiro atoms. The van der Waals surface area contributed by atoms with Gasteiger partial charge in [-0.1, -0.05) is 29.0 Å². The number of amides is 1. The van der Waals surface area contributed by atoms with Crippen molar-refractivity contribution in [1.82, 2.24) is 4.98 Å². The van der Waals surface area contributed by atoms with Crippen LogP contribution in [-0.2, 0) is 9.59 Å². The molecule has 1 saturated heterocycles. The molecule has 5 rings (SSSR count). The summed E-state index contributed by atoms with van der Waals surface area (Å²) in [7, 11) is 0. The molecule has 7 nitrogen and oxygen atoms in total. The molecule has 0 bridgehead atoms. The van der Waals surface area contributed by atoms with Crippen molar-refractivity contribution in [2.75, 3.05) is 18.1 Å². The number of ether oxygens (including phenoxy) is 2. The van der Waals surface area contributed by atoms with E-state index in [9.17, 15) is 14.7 Å². The molecule has 184 valence electrons. The monoisotopic (exact) mass is 540 g/mol. The zero-order chi connectivity index (χ0) is 25.4. The smallest absolute Gasteiger partial charge is 0.301 e. The van der Waals surface area contributed by atoms with Crippen LogP contribution in [0.25, 0.3) is 16.0 Å². The summed E-state index contributed by atoms with van der Waals surface area (Å²) in [5.74, 6) is -0.753. The lowest BCUT2D eigenvalue weighted by molar-refractivity contribution is -0.132. The summed E-state index contributed by atoms with van der Waals surface area (Å²) in [4.78, 5) is 33.4. The van der Waals surface area contributed by atoms with E-state index < -0.39 is 17.7 Å². The molecule has 4 aromatic rings. The van der Waals surface area contributed by atoms with Crippen LogP contribution in [0, 0.1) is 0 Å². The number of Topliss-reactive ketones (excluding diaryl/α,β-unsaturated/α-hetero) is 1. The molecule has 1 aliphatic heterocycles. The first-order chi connectivity index (χ1) is 17.4. The fraction of sp³-hybridized carbons (Fsp3) is 0.192. The van der Waals surface area contributed by atoms with Gasteiger partial charge in [-0.3, -0.25) is 14.5 Å². The fourth-order valence-corrected chi connectivity index (χ4v) is 6.14. The maximum absolute atomic E-state index is 13.4. The van der Waals surface area contributed by atoms with Crippen LogP contribution < -0.4 is 14.4 Å². The lowest BCUT2D eigenvalue weighted by Gasteiger charge is -2.21. The van der Waals surface area contributed by atoms with Gasteiger partial charge in [-0.15, -0.1) is 11.3 Å². The highest BCUT2D eigenvalue weighted by Crippen LogP contribution is 2.46. The number of thiazole rings is 1. The van der Waals surface area contributed by atoms with Crippen LogP contribution in [0.5, 0.6) is 11.5 Å². The van der Waals surface area contributed by atoms with E-state index in [0.717, 1.165) is 4.70 Å². The number of carbonyl (C=O) groups excluding carboxylic acids is 2. The Morgan fingerprint density at radius 2 is 1.81 bits per heavy atom. The number of halogens is 1. The summed E-state index contributed by atoms with van der Waals surface area (Å²) in [5, 5.41) is 13.8. The minimum absolute atomic E-state index is 0.0488. The van der Waals surface area contributed by atoms with Gasteiger partial charge in [0.1, 0.15) is 23.3 Å². The van der Waals surface area contributed by atoms with E-state index in [0.29, 0.717) is 40.2 Å². The Bertz CT molecular complexity index is 1500. The number of aliphatic hydroxyl groups excluding tert-OH is 1. The Balaban J connectivity index is 1.67. The van der Waals surface area contributed by atoms with Gasteiger partial charge in [0.25, 0.3) is 5.78 Å². The molecule has 1 amide bonds. The average molecular weight is 541 g/mol. The highest BCUT2D eigenvalue weighted by molar-refractivity contribution is 7.22. The van der Waals surface area contributed by atoms with Gasteiger partial charge in [0.2, 0.25) is 0 Å². The van der Waals surface area contributed by atoms with E-state index in [1.54, 1.807) is 18.2 Å². The predicted molar refractivity (Wildman–Crippen MR) is 143 cm³/mol. The van der Waals surface area contributed by atoms with Crippen LogP contribution in [0.4, 0.5) is 5.13 Å². The van der Waals surface area contributed by atoms with Gasteiger partial charge in [-0.25, -0.2) is 4.98 Å². The first-order valence-corrected chi connectivity index (χ1v) is 13.3. The normalized spacial score (nSPS) is 17.2. The Morgan fingerprint density at radius 1 is 1.08 bits per heavy atom. The van der Waals surface area contributed by atoms with Crippen molar-refractivity contribution in [2.45, 2.75) is 19.9 Å². The van der Waals surface area contributed by atoms with Crippen molar-refractivity contribution in [2.24, 2.45) is 0 Å². The maximum atomic E-state index is 13.4. The van der Waals surface area contributed by atoms with Gasteiger partial charge in [0.05, 0.1) is 34.0 Å². The molecular formula is C26H21ClN2O5S2. The van der Waals surface area contributed by atoms with Gasteiger partial charge >= 0.3 is 5.91 Å². The Kier molecular flexibility index (Phi) is 6.70. The molecular weight excluding hydrogens is 520 g/mol. The molecule has 36 heavy (non-hydrogen) atoms. The van der Waals surface area contributed by atoms with Crippen molar-refractivity contribution in [3.8, 4) is 11.5 Å². The molecule has 2 aromatic heterocycles. The number of anilines is 1. The number of rotatable bonds is 7. The predicted octanol–water partition coefficient (Wildman–Crippen LogP) is 6.43. The summed E-state index contributed by atoms with van der Waals surface area (Å²) in [6.07, 6.45) is 0. The number of hydrogen-bond donors (Lipinski definition) is 1. The van der Waals surface area contributed by atoms with Crippen LogP contribution in [0.3, 0.4) is 0 Å². The summed E-state index contributed by atoms with van der Waals surface area (Å²) in [6, 6.07) is 13.1. The number of fused-ring (bicyclic) bond motifs is 1. The van der Waals surface area contributed by atoms with Crippen LogP contribution >= 0.6 is 34.3 Å². The molecule has 1 fully saturated rings. The van der Waals surface area contributed by atoms with E-state index in [4.69, 9.17) is 21.1 Å². The summed E-state index contributed by atoms with van der Waals surface area (Å²) in [6.45, 7) is 4.69. The fourth-order valence-electron chi connectivity index (χ4n) is 4.09. The van der Waals surface area contributed by atoms with E-state index in [2.05, 4.69) is 4.98 Å². The number of aliphatic hydroxyl groups is 1. The SMILES string of the molecule is CCOc1ccc(Cl)c(/C(O)=C2\C(=O)C(=O)N(c3nc4ccc(OCC)cc4s3)C2c2cccs2)c1. The van der Waals surface area contributed by atoms with Crippen LogP contribution in [0.2, 0.25) is 5.02 Å². The third-order valence-electron chi connectivity index (χ3n) is 5.63. The molecule has 1 N–H and O–H groups in total. The molecule has 2 aromatic carbocycles. The minimum Gasteiger partial charge on any atom is -0.507 e. The molecule has 0 radical (unpaired) electrons. The number of aromatic nitrogens is 1. The average Bonchev–Trinajstić information content (AvgIpc) is 3.59. The minimum atomic E-state index is -0.858. The number of thiophene rings is 1. The summed E-state index contributed by atoms with van der Waals surface area (Å²) < 4.78 is 11.9. The Labute approximate surface area is 220 Å². The number of nitrogens with zero attached hydrogens (tertiary/aromatic N) is 2. The third-order valence-corrected chi connectivity index (χ3v) is 7.90. The van der Waals surface area contributed by atoms with Crippen LogP contribution in [0.15, 0.2) is 59.5 Å². The molecule has 0 aliphatic carbocycles. The van der Waals surface area contributed by atoms with Gasteiger partial charge in [0, 0.05) is 10.4 Å². The first kappa shape index (κ1) is 24.3. The Morgan fingerprint density at radius 3 is 2.50 bits per heavy atom. The van der Waals surface area contributed by atoms with Gasteiger partial charge in [0.15, 0.2) is 5.13 Å². The van der Waals surface area contributed by atoms with Gasteiger partial charge in [-0.05, 0) is 61.7 Å². The lowest BCUT2D eigenvalue weighted by Crippen LogP contribution is -2.28.